The van der Waals surface area contributed by atoms with Crippen molar-refractivity contribution in [3.8, 4) is 5.88 Å². The minimum absolute atomic E-state index is 0.0217. The van der Waals surface area contributed by atoms with Crippen molar-refractivity contribution < 1.29 is 17.9 Å². The number of ether oxygens (including phenoxy) is 1. The second kappa shape index (κ2) is 3.86. The summed E-state index contributed by atoms with van der Waals surface area (Å²) in [5.41, 5.74) is 0.0217. The van der Waals surface area contributed by atoms with Crippen LogP contribution in [0.5, 0.6) is 5.88 Å². The van der Waals surface area contributed by atoms with Gasteiger partial charge in [0.25, 0.3) is 5.82 Å². The maximum atomic E-state index is 12.5. The third-order valence-electron chi connectivity index (χ3n) is 1.85. The highest BCUT2D eigenvalue weighted by Crippen LogP contribution is 2.27. The van der Waals surface area contributed by atoms with Gasteiger partial charge in [-0.15, -0.1) is 15.3 Å². The van der Waals surface area contributed by atoms with Crippen LogP contribution >= 0.6 is 0 Å². The van der Waals surface area contributed by atoms with Crippen LogP contribution in [0.25, 0.3) is 5.65 Å². The highest BCUT2D eigenvalue weighted by molar-refractivity contribution is 5.37. The molecule has 0 aliphatic carbocycles. The first-order valence-electron chi connectivity index (χ1n) is 4.84. The molecule has 2 aromatic heterocycles. The summed E-state index contributed by atoms with van der Waals surface area (Å²) in [6, 6.07) is 2.82. The van der Waals surface area contributed by atoms with Crippen LogP contribution in [0.2, 0.25) is 0 Å². The molecule has 2 heterocycles. The maximum Gasteiger partial charge on any atom is 0.453 e. The second-order valence-corrected chi connectivity index (χ2v) is 3.63. The van der Waals surface area contributed by atoms with Gasteiger partial charge >= 0.3 is 6.18 Å². The predicted molar refractivity (Wildman–Crippen MR) is 51.5 cm³/mol. The van der Waals surface area contributed by atoms with Crippen molar-refractivity contribution in [1.82, 2.24) is 19.8 Å². The molecule has 0 aliphatic heterocycles. The largest absolute Gasteiger partial charge is 0.474 e. The quantitative estimate of drug-likeness (QED) is 0.812. The summed E-state index contributed by atoms with van der Waals surface area (Å²) in [6.07, 6.45) is -4.77. The number of aromatic nitrogens is 4. The standard InChI is InChI=1S/C9H9F3N4O/c1-5(2)17-7-4-3-6-13-14-8(9(10,11)12)16(6)15-7/h3-5H,1-2H3. The molecule has 0 spiro atoms. The third kappa shape index (κ3) is 2.29. The molecule has 2 rings (SSSR count). The van der Waals surface area contributed by atoms with E-state index in [-0.39, 0.29) is 17.6 Å². The van der Waals surface area contributed by atoms with Crippen LogP contribution in [0, 0.1) is 0 Å². The fourth-order valence-electron chi connectivity index (χ4n) is 1.25. The molecule has 92 valence electrons. The van der Waals surface area contributed by atoms with E-state index in [1.54, 1.807) is 13.8 Å². The topological polar surface area (TPSA) is 52.3 Å². The summed E-state index contributed by atoms with van der Waals surface area (Å²) >= 11 is 0. The number of rotatable bonds is 2. The van der Waals surface area contributed by atoms with Crippen LogP contribution in [0.3, 0.4) is 0 Å². The van der Waals surface area contributed by atoms with E-state index >= 15 is 0 Å². The van der Waals surface area contributed by atoms with E-state index < -0.39 is 12.0 Å². The molecular formula is C9H9F3N4O. The predicted octanol–water partition coefficient (Wildman–Crippen LogP) is 1.93. The number of halogens is 3. The molecule has 0 saturated carbocycles. The molecule has 0 atom stereocenters. The molecule has 0 radical (unpaired) electrons. The van der Waals surface area contributed by atoms with Crippen LogP contribution in [0.1, 0.15) is 19.7 Å². The van der Waals surface area contributed by atoms with Crippen LogP contribution in [-0.4, -0.2) is 25.9 Å². The normalized spacial score (nSPS) is 12.4. The Balaban J connectivity index is 2.51. The molecule has 2 aromatic rings. The summed E-state index contributed by atoms with van der Waals surface area (Å²) in [5, 5.41) is 10.1. The molecule has 0 saturated heterocycles. The summed E-state index contributed by atoms with van der Waals surface area (Å²) < 4.78 is 43.5. The summed E-state index contributed by atoms with van der Waals surface area (Å²) in [4.78, 5) is 0. The molecule has 0 aliphatic rings. The number of hydrogen-bond acceptors (Lipinski definition) is 4. The first-order chi connectivity index (χ1) is 7.88. The Kier molecular flexibility index (Phi) is 2.64. The zero-order valence-electron chi connectivity index (χ0n) is 9.06. The lowest BCUT2D eigenvalue weighted by Gasteiger charge is -2.09. The lowest BCUT2D eigenvalue weighted by atomic mass is 10.4. The molecule has 0 N–H and O–H groups in total. The van der Waals surface area contributed by atoms with Gasteiger partial charge in [-0.2, -0.15) is 17.7 Å². The van der Waals surface area contributed by atoms with Gasteiger partial charge in [-0.05, 0) is 19.9 Å². The molecule has 0 aromatic carbocycles. The van der Waals surface area contributed by atoms with Gasteiger partial charge in [0.15, 0.2) is 5.65 Å². The SMILES string of the molecule is CC(C)Oc1ccc2nnc(C(F)(F)F)n2n1. The van der Waals surface area contributed by atoms with Gasteiger partial charge in [0.1, 0.15) is 0 Å². The van der Waals surface area contributed by atoms with E-state index in [0.29, 0.717) is 4.52 Å². The van der Waals surface area contributed by atoms with Crippen molar-refractivity contribution in [2.75, 3.05) is 0 Å². The van der Waals surface area contributed by atoms with Crippen molar-refractivity contribution >= 4 is 5.65 Å². The molecule has 17 heavy (non-hydrogen) atoms. The number of alkyl halides is 3. The molecule has 0 bridgehead atoms. The van der Waals surface area contributed by atoms with E-state index in [1.165, 1.54) is 12.1 Å². The first kappa shape index (κ1) is 11.6. The molecule has 0 unspecified atom stereocenters. The van der Waals surface area contributed by atoms with E-state index in [0.717, 1.165) is 0 Å². The highest BCUT2D eigenvalue weighted by Gasteiger charge is 2.37. The first-order valence-corrected chi connectivity index (χ1v) is 4.84. The van der Waals surface area contributed by atoms with Crippen molar-refractivity contribution in [2.45, 2.75) is 26.1 Å². The van der Waals surface area contributed by atoms with Gasteiger partial charge in [-0.1, -0.05) is 0 Å². The summed E-state index contributed by atoms with van der Waals surface area (Å²) in [6.45, 7) is 3.51. The third-order valence-corrected chi connectivity index (χ3v) is 1.85. The molecule has 5 nitrogen and oxygen atoms in total. The monoisotopic (exact) mass is 246 g/mol. The number of nitrogens with zero attached hydrogens (tertiary/aromatic N) is 4. The lowest BCUT2D eigenvalue weighted by Crippen LogP contribution is -2.14. The van der Waals surface area contributed by atoms with Crippen molar-refractivity contribution in [3.63, 3.8) is 0 Å². The van der Waals surface area contributed by atoms with Crippen molar-refractivity contribution in [1.29, 1.82) is 0 Å². The van der Waals surface area contributed by atoms with Crippen LogP contribution in [-0.2, 0) is 6.18 Å². The van der Waals surface area contributed by atoms with Gasteiger partial charge in [0.2, 0.25) is 5.88 Å². The average Bonchev–Trinajstić information content (AvgIpc) is 2.58. The van der Waals surface area contributed by atoms with Crippen LogP contribution in [0.4, 0.5) is 13.2 Å². The van der Waals surface area contributed by atoms with E-state index in [2.05, 4.69) is 15.3 Å². The molecule has 0 amide bonds. The van der Waals surface area contributed by atoms with Gasteiger partial charge in [-0.25, -0.2) is 0 Å². The smallest absolute Gasteiger partial charge is 0.453 e. The van der Waals surface area contributed by atoms with Crippen LogP contribution in [0.15, 0.2) is 12.1 Å². The zero-order chi connectivity index (χ0) is 12.6. The van der Waals surface area contributed by atoms with Crippen LogP contribution < -0.4 is 4.74 Å². The zero-order valence-corrected chi connectivity index (χ0v) is 9.06. The minimum atomic E-state index is -4.59. The Labute approximate surface area is 94.2 Å². The fraction of sp³-hybridized carbons (Fsp3) is 0.444. The Hall–Kier alpha value is -1.86. The molecular weight excluding hydrogens is 237 g/mol. The maximum absolute atomic E-state index is 12.5. The van der Waals surface area contributed by atoms with Gasteiger partial charge in [0.05, 0.1) is 6.10 Å². The Bertz CT molecular complexity index is 535. The average molecular weight is 246 g/mol. The van der Waals surface area contributed by atoms with E-state index in [1.807, 2.05) is 0 Å². The summed E-state index contributed by atoms with van der Waals surface area (Å²) in [7, 11) is 0. The number of fused-ring (bicyclic) bond motifs is 1. The van der Waals surface area contributed by atoms with Gasteiger partial charge in [-0.3, -0.25) is 0 Å². The Morgan fingerprint density at radius 1 is 1.24 bits per heavy atom. The molecule has 0 fully saturated rings. The number of hydrogen-bond donors (Lipinski definition) is 0. The second-order valence-electron chi connectivity index (χ2n) is 3.63. The minimum Gasteiger partial charge on any atom is -0.474 e. The van der Waals surface area contributed by atoms with Crippen molar-refractivity contribution in [3.05, 3.63) is 18.0 Å². The molecule has 8 heteroatoms. The Morgan fingerprint density at radius 3 is 2.53 bits per heavy atom. The van der Waals surface area contributed by atoms with Crippen molar-refractivity contribution in [2.24, 2.45) is 0 Å². The van der Waals surface area contributed by atoms with Gasteiger partial charge in [0, 0.05) is 6.07 Å². The van der Waals surface area contributed by atoms with E-state index in [4.69, 9.17) is 4.74 Å². The van der Waals surface area contributed by atoms with Gasteiger partial charge < -0.3 is 4.74 Å². The van der Waals surface area contributed by atoms with E-state index in [9.17, 15) is 13.2 Å². The Morgan fingerprint density at radius 2 is 1.94 bits per heavy atom. The fourth-order valence-corrected chi connectivity index (χ4v) is 1.25. The lowest BCUT2D eigenvalue weighted by molar-refractivity contribution is -0.146. The highest BCUT2D eigenvalue weighted by atomic mass is 19.4. The summed E-state index contributed by atoms with van der Waals surface area (Å²) in [5.74, 6) is -1.07.